The average Bonchev–Trinajstić information content (AvgIpc) is 2.48. The summed E-state index contributed by atoms with van der Waals surface area (Å²) in [5.74, 6) is -0.329. The van der Waals surface area contributed by atoms with Gasteiger partial charge in [0, 0.05) is 25.2 Å². The number of carbonyl (C=O) groups is 1. The van der Waals surface area contributed by atoms with Crippen molar-refractivity contribution in [3.8, 4) is 0 Å². The Hall–Kier alpha value is -1.59. The molecule has 1 saturated heterocycles. The van der Waals surface area contributed by atoms with E-state index in [1.165, 1.54) is 11.3 Å². The van der Waals surface area contributed by atoms with Crippen molar-refractivity contribution in [2.24, 2.45) is 0 Å². The second-order valence-electron chi connectivity index (χ2n) is 4.65. The number of nitrogens with one attached hydrogen (secondary N) is 1. The van der Waals surface area contributed by atoms with Crippen LogP contribution in [-0.2, 0) is 16.0 Å². The maximum Gasteiger partial charge on any atom is 0.243 e. The minimum Gasteiger partial charge on any atom is -0.378 e. The largest absolute Gasteiger partial charge is 0.378 e. The number of hydrogen-bond donors (Lipinski definition) is 2. The number of aryl methyl sites for hydroxylation is 1. The molecule has 2 N–H and O–H groups in total. The molecule has 0 atom stereocenters. The van der Waals surface area contributed by atoms with Crippen molar-refractivity contribution in [3.63, 3.8) is 0 Å². The third-order valence-corrected chi connectivity index (χ3v) is 3.31. The highest BCUT2D eigenvalue weighted by molar-refractivity contribution is 5.74. The SMILES string of the molecule is O=C(CCCc1ccc(N2CCOCC2)cc1)NO. The van der Waals surface area contributed by atoms with Crippen LogP contribution in [0.4, 0.5) is 5.69 Å². The highest BCUT2D eigenvalue weighted by atomic mass is 16.5. The summed E-state index contributed by atoms with van der Waals surface area (Å²) in [6.07, 6.45) is 1.93. The number of hydroxylamine groups is 1. The summed E-state index contributed by atoms with van der Waals surface area (Å²) >= 11 is 0. The first kappa shape index (κ1) is 13.8. The van der Waals surface area contributed by atoms with E-state index in [1.807, 2.05) is 0 Å². The smallest absolute Gasteiger partial charge is 0.243 e. The Kier molecular flexibility index (Phi) is 5.18. The quantitative estimate of drug-likeness (QED) is 0.622. The van der Waals surface area contributed by atoms with Crippen molar-refractivity contribution in [2.45, 2.75) is 19.3 Å². The van der Waals surface area contributed by atoms with E-state index in [1.54, 1.807) is 5.48 Å². The number of anilines is 1. The summed E-state index contributed by atoms with van der Waals surface area (Å²) in [7, 11) is 0. The van der Waals surface area contributed by atoms with Gasteiger partial charge in [0.25, 0.3) is 0 Å². The fourth-order valence-corrected chi connectivity index (χ4v) is 2.20. The first-order valence-electron chi connectivity index (χ1n) is 6.64. The number of amides is 1. The van der Waals surface area contributed by atoms with Gasteiger partial charge in [0.2, 0.25) is 5.91 Å². The molecule has 2 rings (SSSR count). The van der Waals surface area contributed by atoms with E-state index in [-0.39, 0.29) is 5.91 Å². The molecule has 0 aliphatic carbocycles. The van der Waals surface area contributed by atoms with E-state index >= 15 is 0 Å². The molecule has 0 saturated carbocycles. The predicted octanol–water partition coefficient (Wildman–Crippen LogP) is 1.35. The normalized spacial score (nSPS) is 15.3. The van der Waals surface area contributed by atoms with Crippen molar-refractivity contribution >= 4 is 11.6 Å². The van der Waals surface area contributed by atoms with Crippen LogP contribution in [0.1, 0.15) is 18.4 Å². The average molecular weight is 264 g/mol. The molecule has 104 valence electrons. The van der Waals surface area contributed by atoms with Gasteiger partial charge in [0.05, 0.1) is 13.2 Å². The van der Waals surface area contributed by atoms with Crippen LogP contribution in [0.15, 0.2) is 24.3 Å². The van der Waals surface area contributed by atoms with Gasteiger partial charge in [-0.3, -0.25) is 10.0 Å². The Morgan fingerprint density at radius 1 is 1.26 bits per heavy atom. The monoisotopic (exact) mass is 264 g/mol. The molecule has 5 heteroatoms. The fraction of sp³-hybridized carbons (Fsp3) is 0.500. The van der Waals surface area contributed by atoms with Gasteiger partial charge in [-0.2, -0.15) is 0 Å². The van der Waals surface area contributed by atoms with Gasteiger partial charge < -0.3 is 9.64 Å². The number of benzene rings is 1. The third kappa shape index (κ3) is 4.22. The molecule has 1 heterocycles. The Labute approximate surface area is 113 Å². The van der Waals surface area contributed by atoms with E-state index in [2.05, 4.69) is 29.2 Å². The molecule has 1 amide bonds. The van der Waals surface area contributed by atoms with Crippen LogP contribution >= 0.6 is 0 Å². The standard InChI is InChI=1S/C14H20N2O3/c17-14(15-18)3-1-2-12-4-6-13(7-5-12)16-8-10-19-11-9-16/h4-7,18H,1-3,8-11H2,(H,15,17). The third-order valence-electron chi connectivity index (χ3n) is 3.31. The van der Waals surface area contributed by atoms with Crippen LogP contribution < -0.4 is 10.4 Å². The summed E-state index contributed by atoms with van der Waals surface area (Å²) in [6, 6.07) is 8.43. The van der Waals surface area contributed by atoms with E-state index in [0.717, 1.165) is 39.1 Å². The van der Waals surface area contributed by atoms with E-state index in [0.29, 0.717) is 6.42 Å². The molecule has 5 nitrogen and oxygen atoms in total. The Morgan fingerprint density at radius 3 is 2.58 bits per heavy atom. The molecule has 0 bridgehead atoms. The van der Waals surface area contributed by atoms with E-state index < -0.39 is 0 Å². The number of carbonyl (C=O) groups excluding carboxylic acids is 1. The molecule has 0 unspecified atom stereocenters. The number of ether oxygens (including phenoxy) is 1. The fourth-order valence-electron chi connectivity index (χ4n) is 2.20. The molecular formula is C14H20N2O3. The Balaban J connectivity index is 1.82. The first-order chi connectivity index (χ1) is 9.29. The minimum atomic E-state index is -0.329. The van der Waals surface area contributed by atoms with Gasteiger partial charge in [-0.1, -0.05) is 12.1 Å². The van der Waals surface area contributed by atoms with Crippen LogP contribution in [-0.4, -0.2) is 37.4 Å². The molecule has 1 aromatic carbocycles. The second-order valence-corrected chi connectivity index (χ2v) is 4.65. The Bertz CT molecular complexity index is 400. The van der Waals surface area contributed by atoms with Gasteiger partial charge >= 0.3 is 0 Å². The molecule has 1 aromatic rings. The lowest BCUT2D eigenvalue weighted by atomic mass is 10.1. The predicted molar refractivity (Wildman–Crippen MR) is 72.3 cm³/mol. The van der Waals surface area contributed by atoms with Gasteiger partial charge in [-0.05, 0) is 30.5 Å². The number of rotatable bonds is 5. The van der Waals surface area contributed by atoms with Gasteiger partial charge in [-0.15, -0.1) is 0 Å². The minimum absolute atomic E-state index is 0.329. The summed E-state index contributed by atoms with van der Waals surface area (Å²) in [5.41, 5.74) is 4.08. The summed E-state index contributed by atoms with van der Waals surface area (Å²) < 4.78 is 5.33. The van der Waals surface area contributed by atoms with E-state index in [4.69, 9.17) is 9.94 Å². The van der Waals surface area contributed by atoms with Crippen molar-refractivity contribution in [1.82, 2.24) is 5.48 Å². The van der Waals surface area contributed by atoms with Crippen molar-refractivity contribution in [2.75, 3.05) is 31.2 Å². The topological polar surface area (TPSA) is 61.8 Å². The number of hydrogen-bond acceptors (Lipinski definition) is 4. The van der Waals surface area contributed by atoms with Crippen molar-refractivity contribution in [3.05, 3.63) is 29.8 Å². The lowest BCUT2D eigenvalue weighted by Crippen LogP contribution is -2.36. The number of nitrogens with zero attached hydrogens (tertiary/aromatic N) is 1. The zero-order chi connectivity index (χ0) is 13.5. The lowest BCUT2D eigenvalue weighted by molar-refractivity contribution is -0.129. The van der Waals surface area contributed by atoms with Gasteiger partial charge in [-0.25, -0.2) is 5.48 Å². The van der Waals surface area contributed by atoms with Crippen LogP contribution in [0.25, 0.3) is 0 Å². The van der Waals surface area contributed by atoms with Crippen molar-refractivity contribution < 1.29 is 14.7 Å². The lowest BCUT2D eigenvalue weighted by Gasteiger charge is -2.28. The van der Waals surface area contributed by atoms with Crippen LogP contribution in [0.5, 0.6) is 0 Å². The molecule has 1 aliphatic rings. The number of morpholine rings is 1. The summed E-state index contributed by atoms with van der Waals surface area (Å²) in [4.78, 5) is 13.2. The summed E-state index contributed by atoms with van der Waals surface area (Å²) in [5, 5.41) is 8.40. The van der Waals surface area contributed by atoms with Crippen LogP contribution in [0, 0.1) is 0 Å². The van der Waals surface area contributed by atoms with Crippen molar-refractivity contribution in [1.29, 1.82) is 0 Å². The van der Waals surface area contributed by atoms with Crippen LogP contribution in [0.2, 0.25) is 0 Å². The zero-order valence-electron chi connectivity index (χ0n) is 11.0. The highest BCUT2D eigenvalue weighted by Crippen LogP contribution is 2.17. The Morgan fingerprint density at radius 2 is 1.95 bits per heavy atom. The highest BCUT2D eigenvalue weighted by Gasteiger charge is 2.10. The summed E-state index contributed by atoms with van der Waals surface area (Å²) in [6.45, 7) is 3.46. The van der Waals surface area contributed by atoms with E-state index in [9.17, 15) is 4.79 Å². The first-order valence-corrected chi connectivity index (χ1v) is 6.64. The molecule has 1 fully saturated rings. The molecule has 0 spiro atoms. The zero-order valence-corrected chi connectivity index (χ0v) is 11.0. The maximum atomic E-state index is 10.9. The van der Waals surface area contributed by atoms with Gasteiger partial charge in [0.1, 0.15) is 0 Å². The van der Waals surface area contributed by atoms with Crippen LogP contribution in [0.3, 0.4) is 0 Å². The van der Waals surface area contributed by atoms with Gasteiger partial charge in [0.15, 0.2) is 0 Å². The molecular weight excluding hydrogens is 244 g/mol. The molecule has 19 heavy (non-hydrogen) atoms. The maximum absolute atomic E-state index is 10.9. The molecule has 0 radical (unpaired) electrons. The molecule has 0 aromatic heterocycles. The molecule has 1 aliphatic heterocycles. The second kappa shape index (κ2) is 7.11.